The van der Waals surface area contributed by atoms with Gasteiger partial charge in [-0.1, -0.05) is 26.2 Å². The first-order chi connectivity index (χ1) is 8.64. The lowest BCUT2D eigenvalue weighted by Crippen LogP contribution is -2.29. The van der Waals surface area contributed by atoms with E-state index in [9.17, 15) is 0 Å². The van der Waals surface area contributed by atoms with Crippen molar-refractivity contribution in [2.45, 2.75) is 39.0 Å². The van der Waals surface area contributed by atoms with Crippen molar-refractivity contribution in [3.8, 4) is 5.88 Å². The van der Waals surface area contributed by atoms with Gasteiger partial charge in [-0.05, 0) is 18.3 Å². The Morgan fingerprint density at radius 2 is 2.06 bits per heavy atom. The standard InChI is InChI=1S/C13H22N4O/c1-13(6-4-3-5-7-13)8-15-11-10(14)12(18-2)17-9-16-11/h9H,3-8,14H2,1-2H3,(H,15,16,17). The van der Waals surface area contributed by atoms with Crippen LogP contribution in [0.25, 0.3) is 0 Å². The Hall–Kier alpha value is -1.52. The molecule has 2 rings (SSSR count). The van der Waals surface area contributed by atoms with Crippen LogP contribution in [0.5, 0.6) is 5.88 Å². The largest absolute Gasteiger partial charge is 0.479 e. The van der Waals surface area contributed by atoms with E-state index in [-0.39, 0.29) is 0 Å². The first-order valence-electron chi connectivity index (χ1n) is 6.53. The second-order valence-corrected chi connectivity index (χ2v) is 5.37. The molecular weight excluding hydrogens is 228 g/mol. The number of anilines is 2. The summed E-state index contributed by atoms with van der Waals surface area (Å²) in [6.45, 7) is 3.23. The second kappa shape index (κ2) is 5.42. The molecule has 3 N–H and O–H groups in total. The van der Waals surface area contributed by atoms with Crippen molar-refractivity contribution in [3.05, 3.63) is 6.33 Å². The van der Waals surface area contributed by atoms with Crippen LogP contribution < -0.4 is 15.8 Å². The highest BCUT2D eigenvalue weighted by atomic mass is 16.5. The van der Waals surface area contributed by atoms with Crippen molar-refractivity contribution in [3.63, 3.8) is 0 Å². The average Bonchev–Trinajstić information content (AvgIpc) is 2.38. The topological polar surface area (TPSA) is 73.1 Å². The van der Waals surface area contributed by atoms with Crippen LogP contribution in [0.4, 0.5) is 11.5 Å². The minimum absolute atomic E-state index is 0.350. The summed E-state index contributed by atoms with van der Waals surface area (Å²) >= 11 is 0. The fourth-order valence-electron chi connectivity index (χ4n) is 2.56. The molecule has 1 saturated carbocycles. The lowest BCUT2D eigenvalue weighted by Gasteiger charge is -2.33. The van der Waals surface area contributed by atoms with E-state index in [1.54, 1.807) is 7.11 Å². The van der Waals surface area contributed by atoms with Gasteiger partial charge in [-0.25, -0.2) is 4.98 Å². The van der Waals surface area contributed by atoms with Crippen molar-refractivity contribution in [2.75, 3.05) is 24.7 Å². The van der Waals surface area contributed by atoms with Crippen molar-refractivity contribution in [1.29, 1.82) is 0 Å². The minimum atomic E-state index is 0.350. The smallest absolute Gasteiger partial charge is 0.242 e. The molecule has 1 aromatic heterocycles. The molecule has 0 aliphatic heterocycles. The lowest BCUT2D eigenvalue weighted by molar-refractivity contribution is 0.233. The molecule has 0 amide bonds. The molecule has 1 aromatic rings. The van der Waals surface area contributed by atoms with Crippen LogP contribution in [-0.2, 0) is 0 Å². The number of hydrogen-bond acceptors (Lipinski definition) is 5. The van der Waals surface area contributed by atoms with Crippen molar-refractivity contribution in [2.24, 2.45) is 5.41 Å². The zero-order valence-corrected chi connectivity index (χ0v) is 11.2. The number of nitrogen functional groups attached to an aromatic ring is 1. The maximum Gasteiger partial charge on any atom is 0.242 e. The summed E-state index contributed by atoms with van der Waals surface area (Å²) in [5.74, 6) is 1.11. The molecule has 18 heavy (non-hydrogen) atoms. The highest BCUT2D eigenvalue weighted by Crippen LogP contribution is 2.36. The Morgan fingerprint density at radius 1 is 1.33 bits per heavy atom. The Balaban J connectivity index is 2.01. The van der Waals surface area contributed by atoms with Gasteiger partial charge in [0.15, 0.2) is 5.82 Å². The van der Waals surface area contributed by atoms with Gasteiger partial charge in [0.2, 0.25) is 5.88 Å². The molecule has 0 spiro atoms. The maximum atomic E-state index is 5.94. The normalized spacial score (nSPS) is 18.3. The number of hydrogen-bond donors (Lipinski definition) is 2. The van der Waals surface area contributed by atoms with Crippen LogP contribution in [0.3, 0.4) is 0 Å². The number of rotatable bonds is 4. The van der Waals surface area contributed by atoms with E-state index in [0.29, 0.717) is 22.8 Å². The number of nitrogens with zero attached hydrogens (tertiary/aromatic N) is 2. The van der Waals surface area contributed by atoms with Crippen molar-refractivity contribution in [1.82, 2.24) is 9.97 Å². The fraction of sp³-hybridized carbons (Fsp3) is 0.692. The third-order valence-electron chi connectivity index (χ3n) is 3.78. The van der Waals surface area contributed by atoms with E-state index in [2.05, 4.69) is 22.2 Å². The molecule has 1 aliphatic carbocycles. The van der Waals surface area contributed by atoms with Gasteiger partial charge in [-0.2, -0.15) is 4.98 Å². The van der Waals surface area contributed by atoms with Crippen LogP contribution in [0.15, 0.2) is 6.33 Å². The summed E-state index contributed by atoms with van der Waals surface area (Å²) in [5, 5.41) is 3.34. The van der Waals surface area contributed by atoms with Crippen molar-refractivity contribution >= 4 is 11.5 Å². The number of ether oxygens (including phenoxy) is 1. The highest BCUT2D eigenvalue weighted by molar-refractivity contribution is 5.66. The molecule has 0 radical (unpaired) electrons. The van der Waals surface area contributed by atoms with Crippen molar-refractivity contribution < 1.29 is 4.74 Å². The van der Waals surface area contributed by atoms with Gasteiger partial charge in [-0.15, -0.1) is 0 Å². The molecule has 1 fully saturated rings. The molecule has 0 bridgehead atoms. The number of nitrogens with one attached hydrogen (secondary N) is 1. The van der Waals surface area contributed by atoms with Gasteiger partial charge in [-0.3, -0.25) is 0 Å². The third-order valence-corrected chi connectivity index (χ3v) is 3.78. The SMILES string of the molecule is COc1ncnc(NCC2(C)CCCCC2)c1N. The van der Waals surface area contributed by atoms with Gasteiger partial charge < -0.3 is 15.8 Å². The zero-order valence-electron chi connectivity index (χ0n) is 11.2. The first kappa shape index (κ1) is 12.9. The Morgan fingerprint density at radius 3 is 2.72 bits per heavy atom. The third kappa shape index (κ3) is 2.83. The average molecular weight is 250 g/mol. The maximum absolute atomic E-state index is 5.94. The molecule has 0 saturated heterocycles. The van der Waals surface area contributed by atoms with Gasteiger partial charge in [0, 0.05) is 6.54 Å². The Labute approximate surface area is 108 Å². The van der Waals surface area contributed by atoms with Crippen LogP contribution in [0.1, 0.15) is 39.0 Å². The summed E-state index contributed by atoms with van der Waals surface area (Å²) in [4.78, 5) is 8.15. The molecule has 100 valence electrons. The lowest BCUT2D eigenvalue weighted by atomic mass is 9.76. The molecule has 5 nitrogen and oxygen atoms in total. The summed E-state index contributed by atoms with van der Waals surface area (Å²) in [6, 6.07) is 0. The second-order valence-electron chi connectivity index (χ2n) is 5.37. The Bertz CT molecular complexity index is 402. The molecule has 0 unspecified atom stereocenters. The van der Waals surface area contributed by atoms with Crippen LogP contribution in [0, 0.1) is 5.41 Å². The summed E-state index contributed by atoms with van der Waals surface area (Å²) in [7, 11) is 1.56. The van der Waals surface area contributed by atoms with Gasteiger partial charge in [0.1, 0.15) is 12.0 Å². The van der Waals surface area contributed by atoms with Crippen LogP contribution in [0.2, 0.25) is 0 Å². The van der Waals surface area contributed by atoms with E-state index in [0.717, 1.165) is 6.54 Å². The molecule has 1 aliphatic rings. The quantitative estimate of drug-likeness (QED) is 0.858. The van der Waals surface area contributed by atoms with Gasteiger partial charge in [0.25, 0.3) is 0 Å². The van der Waals surface area contributed by atoms with E-state index >= 15 is 0 Å². The minimum Gasteiger partial charge on any atom is -0.479 e. The molecule has 1 heterocycles. The first-order valence-corrected chi connectivity index (χ1v) is 6.53. The van der Waals surface area contributed by atoms with E-state index in [1.165, 1.54) is 38.4 Å². The van der Waals surface area contributed by atoms with E-state index < -0.39 is 0 Å². The number of nitrogens with two attached hydrogens (primary N) is 1. The molecular formula is C13H22N4O. The van der Waals surface area contributed by atoms with E-state index in [4.69, 9.17) is 10.5 Å². The van der Waals surface area contributed by atoms with Crippen LogP contribution >= 0.6 is 0 Å². The summed E-state index contributed by atoms with van der Waals surface area (Å²) in [6.07, 6.45) is 8.01. The fourth-order valence-corrected chi connectivity index (χ4v) is 2.56. The molecule has 0 aromatic carbocycles. The predicted octanol–water partition coefficient (Wildman–Crippen LogP) is 2.45. The van der Waals surface area contributed by atoms with Gasteiger partial charge >= 0.3 is 0 Å². The zero-order chi connectivity index (χ0) is 13.0. The van der Waals surface area contributed by atoms with E-state index in [1.807, 2.05) is 0 Å². The number of methoxy groups -OCH3 is 1. The molecule has 0 atom stereocenters. The van der Waals surface area contributed by atoms with Gasteiger partial charge in [0.05, 0.1) is 7.11 Å². The number of aromatic nitrogens is 2. The summed E-state index contributed by atoms with van der Waals surface area (Å²) < 4.78 is 5.09. The summed E-state index contributed by atoms with van der Waals surface area (Å²) in [5.41, 5.74) is 6.78. The predicted molar refractivity (Wildman–Crippen MR) is 72.7 cm³/mol. The molecule has 5 heteroatoms. The monoisotopic (exact) mass is 250 g/mol. The Kier molecular flexibility index (Phi) is 3.89. The van der Waals surface area contributed by atoms with Crippen LogP contribution in [-0.4, -0.2) is 23.6 Å². The highest BCUT2D eigenvalue weighted by Gasteiger charge is 2.26.